The summed E-state index contributed by atoms with van der Waals surface area (Å²) in [4.78, 5) is 22.7. The van der Waals surface area contributed by atoms with E-state index in [2.05, 4.69) is 0 Å². The van der Waals surface area contributed by atoms with Crippen LogP contribution in [0.1, 0.15) is 28.8 Å². The fourth-order valence-corrected chi connectivity index (χ4v) is 4.44. The van der Waals surface area contributed by atoms with Crippen molar-refractivity contribution in [3.05, 3.63) is 53.6 Å². The Morgan fingerprint density at radius 2 is 1.89 bits per heavy atom. The number of para-hydroxylation sites is 2. The summed E-state index contributed by atoms with van der Waals surface area (Å²) in [6.07, 6.45) is 2.40. The first-order valence-electron chi connectivity index (χ1n) is 11.6. The van der Waals surface area contributed by atoms with Crippen molar-refractivity contribution in [1.82, 2.24) is 14.5 Å². The summed E-state index contributed by atoms with van der Waals surface area (Å²) in [5, 5.41) is 0. The van der Waals surface area contributed by atoms with Crippen molar-refractivity contribution in [2.45, 2.75) is 31.9 Å². The van der Waals surface area contributed by atoms with E-state index in [1.54, 1.807) is 14.2 Å². The van der Waals surface area contributed by atoms with Gasteiger partial charge in [0.05, 0.1) is 31.4 Å². The number of carbonyl (C=O) groups is 1. The van der Waals surface area contributed by atoms with Crippen molar-refractivity contribution < 1.29 is 23.7 Å². The third-order valence-corrected chi connectivity index (χ3v) is 6.29. The molecule has 1 fully saturated rings. The van der Waals surface area contributed by atoms with Crippen molar-refractivity contribution in [2.75, 3.05) is 33.2 Å². The second kappa shape index (κ2) is 9.79. The number of methoxy groups -OCH3 is 2. The predicted octanol–water partition coefficient (Wildman–Crippen LogP) is 3.76. The molecule has 1 unspecified atom stereocenters. The molecule has 5 rings (SSSR count). The zero-order chi connectivity index (χ0) is 24.4. The van der Waals surface area contributed by atoms with Crippen LogP contribution < -0.4 is 15.2 Å². The first kappa shape index (κ1) is 22.9. The quantitative estimate of drug-likeness (QED) is 0.383. The van der Waals surface area contributed by atoms with Crippen LogP contribution in [-0.4, -0.2) is 54.0 Å². The molecule has 0 aliphatic carbocycles. The molecule has 35 heavy (non-hydrogen) atoms. The van der Waals surface area contributed by atoms with Gasteiger partial charge in [0.2, 0.25) is 0 Å². The monoisotopic (exact) mass is 476 g/mol. The second-order valence-corrected chi connectivity index (χ2v) is 8.47. The zero-order valence-corrected chi connectivity index (χ0v) is 19.8. The van der Waals surface area contributed by atoms with E-state index in [1.807, 2.05) is 47.0 Å². The van der Waals surface area contributed by atoms with Gasteiger partial charge in [0, 0.05) is 13.2 Å². The van der Waals surface area contributed by atoms with E-state index in [9.17, 15) is 4.79 Å². The molecule has 4 aromatic rings. The Morgan fingerprint density at radius 3 is 2.60 bits per heavy atom. The van der Waals surface area contributed by atoms with Crippen LogP contribution in [-0.2, 0) is 22.4 Å². The number of rotatable bonds is 8. The number of nitrogens with zero attached hydrogens (tertiary/aromatic N) is 3. The summed E-state index contributed by atoms with van der Waals surface area (Å²) >= 11 is 0. The number of carbonyl (C=O) groups excluding carboxylic acids is 1. The first-order valence-corrected chi connectivity index (χ1v) is 11.6. The number of nitrogens with two attached hydrogens (primary N) is 1. The molecular formula is C26H28N4O5. The van der Waals surface area contributed by atoms with Gasteiger partial charge in [-0.15, -0.1) is 0 Å². The number of benzene rings is 2. The van der Waals surface area contributed by atoms with Crippen LogP contribution in [0, 0.1) is 0 Å². The van der Waals surface area contributed by atoms with Gasteiger partial charge in [-0.05, 0) is 49.1 Å². The maximum absolute atomic E-state index is 13.1. The molecule has 1 saturated heterocycles. The van der Waals surface area contributed by atoms with Gasteiger partial charge in [-0.1, -0.05) is 18.2 Å². The summed E-state index contributed by atoms with van der Waals surface area (Å²) in [7, 11) is 3.21. The third-order valence-electron chi connectivity index (χ3n) is 6.29. The first-order chi connectivity index (χ1) is 17.1. The smallest absolute Gasteiger partial charge is 0.344 e. The average Bonchev–Trinajstić information content (AvgIpc) is 3.50. The molecule has 9 heteroatoms. The number of hydrogen-bond donors (Lipinski definition) is 1. The van der Waals surface area contributed by atoms with E-state index in [-0.39, 0.29) is 24.1 Å². The third kappa shape index (κ3) is 4.46. The molecule has 0 amide bonds. The highest BCUT2D eigenvalue weighted by Crippen LogP contribution is 2.31. The van der Waals surface area contributed by atoms with E-state index in [0.29, 0.717) is 47.8 Å². The maximum atomic E-state index is 13.1. The Labute approximate surface area is 202 Å². The Morgan fingerprint density at radius 1 is 1.11 bits per heavy atom. The highest BCUT2D eigenvalue weighted by Gasteiger charge is 2.26. The molecule has 2 N–H and O–H groups in total. The normalized spacial score (nSPS) is 15.5. The summed E-state index contributed by atoms with van der Waals surface area (Å²) in [5.41, 5.74) is 10.2. The fraction of sp³-hybridized carbons (Fsp3) is 0.346. The second-order valence-electron chi connectivity index (χ2n) is 8.47. The SMILES string of the molecule is COc1ccc(CCn2c(N)c(C(=O)OCC3CCCO3)c3nc4ccccc4nc32)cc1OC. The standard InChI is InChI=1S/C26H28N4O5/c1-32-20-10-9-16(14-21(20)33-2)11-12-30-24(27)22(26(31)35-15-17-6-5-13-34-17)23-25(30)29-19-8-4-3-7-18(19)28-23/h3-4,7-10,14,17H,5-6,11-13,15,27H2,1-2H3. The zero-order valence-electron chi connectivity index (χ0n) is 19.8. The maximum Gasteiger partial charge on any atom is 0.344 e. The van der Waals surface area contributed by atoms with Crippen molar-refractivity contribution in [1.29, 1.82) is 0 Å². The molecule has 2 aromatic carbocycles. The van der Waals surface area contributed by atoms with E-state index in [0.717, 1.165) is 23.9 Å². The molecule has 0 spiro atoms. The summed E-state index contributed by atoms with van der Waals surface area (Å²) in [5.74, 6) is 1.08. The highest BCUT2D eigenvalue weighted by molar-refractivity contribution is 6.08. The van der Waals surface area contributed by atoms with E-state index >= 15 is 0 Å². The molecule has 0 radical (unpaired) electrons. The molecule has 1 aliphatic rings. The predicted molar refractivity (Wildman–Crippen MR) is 132 cm³/mol. The van der Waals surface area contributed by atoms with Crippen molar-refractivity contribution in [3.63, 3.8) is 0 Å². The number of esters is 1. The average molecular weight is 477 g/mol. The Bertz CT molecular complexity index is 1380. The van der Waals surface area contributed by atoms with Crippen LogP contribution in [0.3, 0.4) is 0 Å². The van der Waals surface area contributed by atoms with Crippen molar-refractivity contribution >= 4 is 34.0 Å². The Balaban J connectivity index is 1.50. The number of fused-ring (bicyclic) bond motifs is 2. The van der Waals surface area contributed by atoms with Gasteiger partial charge in [0.1, 0.15) is 23.5 Å². The van der Waals surface area contributed by atoms with Crippen LogP contribution in [0.2, 0.25) is 0 Å². The molecule has 3 heterocycles. The minimum absolute atomic E-state index is 0.0782. The van der Waals surface area contributed by atoms with E-state index < -0.39 is 5.97 Å². The number of aromatic nitrogens is 3. The Kier molecular flexibility index (Phi) is 6.41. The largest absolute Gasteiger partial charge is 0.493 e. The lowest BCUT2D eigenvalue weighted by Gasteiger charge is -2.12. The van der Waals surface area contributed by atoms with E-state index in [4.69, 9.17) is 34.6 Å². The molecule has 2 aromatic heterocycles. The Hall–Kier alpha value is -3.85. The van der Waals surface area contributed by atoms with Crippen molar-refractivity contribution in [3.8, 4) is 11.5 Å². The van der Waals surface area contributed by atoms with Gasteiger partial charge < -0.3 is 29.2 Å². The number of ether oxygens (including phenoxy) is 4. The molecule has 1 aliphatic heterocycles. The summed E-state index contributed by atoms with van der Waals surface area (Å²) in [6.45, 7) is 1.37. The lowest BCUT2D eigenvalue weighted by atomic mass is 10.1. The summed E-state index contributed by atoms with van der Waals surface area (Å²) < 4.78 is 23.8. The lowest BCUT2D eigenvalue weighted by Crippen LogP contribution is -2.18. The minimum atomic E-state index is -0.516. The molecule has 182 valence electrons. The van der Waals surface area contributed by atoms with Gasteiger partial charge in [-0.3, -0.25) is 0 Å². The van der Waals surface area contributed by atoms with Gasteiger partial charge in [0.15, 0.2) is 17.1 Å². The van der Waals surface area contributed by atoms with Crippen LogP contribution in [0.5, 0.6) is 11.5 Å². The van der Waals surface area contributed by atoms with Gasteiger partial charge in [-0.25, -0.2) is 14.8 Å². The van der Waals surface area contributed by atoms with Gasteiger partial charge in [0.25, 0.3) is 0 Å². The molecule has 0 bridgehead atoms. The summed E-state index contributed by atoms with van der Waals surface area (Å²) in [6, 6.07) is 13.3. The highest BCUT2D eigenvalue weighted by atomic mass is 16.6. The van der Waals surface area contributed by atoms with Crippen LogP contribution >= 0.6 is 0 Å². The number of nitrogen functional groups attached to an aromatic ring is 1. The fourth-order valence-electron chi connectivity index (χ4n) is 4.44. The topological polar surface area (TPSA) is 111 Å². The number of hydrogen-bond acceptors (Lipinski definition) is 8. The molecule has 0 saturated carbocycles. The van der Waals surface area contributed by atoms with Crippen molar-refractivity contribution in [2.24, 2.45) is 0 Å². The van der Waals surface area contributed by atoms with Crippen LogP contribution in [0.15, 0.2) is 42.5 Å². The lowest BCUT2D eigenvalue weighted by molar-refractivity contribution is 0.0163. The number of anilines is 1. The van der Waals surface area contributed by atoms with Crippen LogP contribution in [0.4, 0.5) is 5.82 Å². The van der Waals surface area contributed by atoms with Gasteiger partial charge in [-0.2, -0.15) is 0 Å². The minimum Gasteiger partial charge on any atom is -0.493 e. The van der Waals surface area contributed by atoms with Gasteiger partial charge >= 0.3 is 5.97 Å². The number of aryl methyl sites for hydroxylation is 2. The molecular weight excluding hydrogens is 448 g/mol. The van der Waals surface area contributed by atoms with E-state index in [1.165, 1.54) is 0 Å². The molecule has 9 nitrogen and oxygen atoms in total. The van der Waals surface area contributed by atoms with Crippen LogP contribution in [0.25, 0.3) is 22.2 Å². The molecule has 1 atom stereocenters.